The van der Waals surface area contributed by atoms with Gasteiger partial charge in [-0.25, -0.2) is 0 Å². The van der Waals surface area contributed by atoms with Crippen LogP contribution in [0.2, 0.25) is 0 Å². The first-order chi connectivity index (χ1) is 8.70. The van der Waals surface area contributed by atoms with Crippen LogP contribution in [0.4, 0.5) is 0 Å². The molecule has 0 radical (unpaired) electrons. The van der Waals surface area contributed by atoms with Gasteiger partial charge in [0.1, 0.15) is 5.75 Å². The Morgan fingerprint density at radius 2 is 2.22 bits per heavy atom. The lowest BCUT2D eigenvalue weighted by molar-refractivity contribution is 0.413. The summed E-state index contributed by atoms with van der Waals surface area (Å²) in [4.78, 5) is 1.32. The Kier molecular flexibility index (Phi) is 4.80. The van der Waals surface area contributed by atoms with Gasteiger partial charge in [0.15, 0.2) is 0 Å². The number of ether oxygens (including phenoxy) is 1. The van der Waals surface area contributed by atoms with Gasteiger partial charge in [0, 0.05) is 21.9 Å². The van der Waals surface area contributed by atoms with Crippen molar-refractivity contribution in [2.75, 3.05) is 7.11 Å². The van der Waals surface area contributed by atoms with Gasteiger partial charge in [-0.15, -0.1) is 11.3 Å². The predicted octanol–water partition coefficient (Wildman–Crippen LogP) is 4.37. The third-order valence-electron chi connectivity index (χ3n) is 2.85. The Balaban J connectivity index is 1.99. The Bertz CT molecular complexity index is 512. The molecule has 0 aliphatic carbocycles. The molecule has 1 aromatic carbocycles. The van der Waals surface area contributed by atoms with E-state index < -0.39 is 0 Å². The minimum atomic E-state index is 0.300. The minimum absolute atomic E-state index is 0.300. The molecule has 0 spiro atoms. The first-order valence-corrected chi connectivity index (χ1v) is 7.47. The summed E-state index contributed by atoms with van der Waals surface area (Å²) in [6.07, 6.45) is 0. The molecule has 0 amide bonds. The summed E-state index contributed by atoms with van der Waals surface area (Å²) in [6, 6.07) is 10.6. The third-order valence-corrected chi connectivity index (χ3v) is 4.78. The van der Waals surface area contributed by atoms with Crippen LogP contribution < -0.4 is 10.1 Å². The van der Waals surface area contributed by atoms with Gasteiger partial charge < -0.3 is 10.1 Å². The number of thiophene rings is 1. The zero-order chi connectivity index (χ0) is 13.0. The number of rotatable bonds is 5. The molecule has 4 heteroatoms. The van der Waals surface area contributed by atoms with Crippen molar-refractivity contribution >= 4 is 27.3 Å². The molecule has 1 N–H and O–H groups in total. The van der Waals surface area contributed by atoms with E-state index in [4.69, 9.17) is 4.74 Å². The summed E-state index contributed by atoms with van der Waals surface area (Å²) in [5, 5.41) is 5.61. The minimum Gasteiger partial charge on any atom is -0.497 e. The van der Waals surface area contributed by atoms with Gasteiger partial charge in [0.25, 0.3) is 0 Å². The summed E-state index contributed by atoms with van der Waals surface area (Å²) >= 11 is 5.31. The van der Waals surface area contributed by atoms with Crippen LogP contribution in [0.15, 0.2) is 40.2 Å². The molecule has 0 bridgehead atoms. The van der Waals surface area contributed by atoms with Gasteiger partial charge in [-0.05, 0) is 52.0 Å². The van der Waals surface area contributed by atoms with Crippen LogP contribution in [0.25, 0.3) is 0 Å². The van der Waals surface area contributed by atoms with Crippen LogP contribution in [0.3, 0.4) is 0 Å². The number of benzene rings is 1. The van der Waals surface area contributed by atoms with Crippen molar-refractivity contribution in [2.24, 2.45) is 0 Å². The van der Waals surface area contributed by atoms with Crippen molar-refractivity contribution in [1.82, 2.24) is 5.32 Å². The fraction of sp³-hybridized carbons (Fsp3) is 0.286. The van der Waals surface area contributed by atoms with Gasteiger partial charge in [-0.1, -0.05) is 12.1 Å². The molecule has 2 aromatic rings. The highest BCUT2D eigenvalue weighted by molar-refractivity contribution is 9.10. The molecule has 18 heavy (non-hydrogen) atoms. The Morgan fingerprint density at radius 1 is 1.39 bits per heavy atom. The third kappa shape index (κ3) is 3.34. The molecule has 0 aliphatic heterocycles. The lowest BCUT2D eigenvalue weighted by Gasteiger charge is -2.14. The molecule has 0 saturated heterocycles. The molecular formula is C14H16BrNOS. The molecule has 1 atom stereocenters. The van der Waals surface area contributed by atoms with E-state index in [0.717, 1.165) is 12.3 Å². The van der Waals surface area contributed by atoms with E-state index in [2.05, 4.69) is 51.7 Å². The van der Waals surface area contributed by atoms with Crippen LogP contribution >= 0.6 is 27.3 Å². The number of methoxy groups -OCH3 is 1. The van der Waals surface area contributed by atoms with Gasteiger partial charge in [-0.3, -0.25) is 0 Å². The SMILES string of the molecule is COc1cccc(C(C)NCc2sccc2Br)c1. The van der Waals surface area contributed by atoms with E-state index in [1.807, 2.05) is 12.1 Å². The van der Waals surface area contributed by atoms with Crippen molar-refractivity contribution in [3.8, 4) is 5.75 Å². The van der Waals surface area contributed by atoms with Crippen LogP contribution in [0, 0.1) is 0 Å². The van der Waals surface area contributed by atoms with Crippen LogP contribution in [0.5, 0.6) is 5.75 Å². The van der Waals surface area contributed by atoms with Crippen LogP contribution in [0.1, 0.15) is 23.4 Å². The van der Waals surface area contributed by atoms with E-state index in [-0.39, 0.29) is 0 Å². The molecule has 96 valence electrons. The van der Waals surface area contributed by atoms with E-state index in [0.29, 0.717) is 6.04 Å². The van der Waals surface area contributed by atoms with Crippen molar-refractivity contribution in [3.05, 3.63) is 50.6 Å². The van der Waals surface area contributed by atoms with Gasteiger partial charge in [0.05, 0.1) is 7.11 Å². The summed E-state index contributed by atoms with van der Waals surface area (Å²) in [7, 11) is 1.69. The van der Waals surface area contributed by atoms with E-state index >= 15 is 0 Å². The topological polar surface area (TPSA) is 21.3 Å². The van der Waals surface area contributed by atoms with Crippen molar-refractivity contribution in [1.29, 1.82) is 0 Å². The summed E-state index contributed by atoms with van der Waals surface area (Å²) in [5.41, 5.74) is 1.24. The lowest BCUT2D eigenvalue weighted by Crippen LogP contribution is -2.17. The molecule has 2 rings (SSSR count). The number of nitrogens with one attached hydrogen (secondary N) is 1. The molecule has 1 aromatic heterocycles. The zero-order valence-electron chi connectivity index (χ0n) is 10.4. The quantitative estimate of drug-likeness (QED) is 0.881. The molecule has 1 heterocycles. The number of hydrogen-bond donors (Lipinski definition) is 1. The van der Waals surface area contributed by atoms with Crippen molar-refractivity contribution in [3.63, 3.8) is 0 Å². The van der Waals surface area contributed by atoms with E-state index in [9.17, 15) is 0 Å². The maximum Gasteiger partial charge on any atom is 0.119 e. The normalized spacial score (nSPS) is 12.4. The average molecular weight is 326 g/mol. The van der Waals surface area contributed by atoms with Crippen LogP contribution in [-0.2, 0) is 6.54 Å². The second-order valence-corrected chi connectivity index (χ2v) is 5.93. The largest absolute Gasteiger partial charge is 0.497 e. The summed E-state index contributed by atoms with van der Waals surface area (Å²) < 4.78 is 6.42. The smallest absolute Gasteiger partial charge is 0.119 e. The van der Waals surface area contributed by atoms with Gasteiger partial charge in [0.2, 0.25) is 0 Å². The molecule has 0 saturated carbocycles. The fourth-order valence-corrected chi connectivity index (χ4v) is 3.17. The lowest BCUT2D eigenvalue weighted by atomic mass is 10.1. The highest BCUT2D eigenvalue weighted by atomic mass is 79.9. The Morgan fingerprint density at radius 3 is 2.89 bits per heavy atom. The Labute approximate surface area is 120 Å². The van der Waals surface area contributed by atoms with Crippen LogP contribution in [-0.4, -0.2) is 7.11 Å². The summed E-state index contributed by atoms with van der Waals surface area (Å²) in [6.45, 7) is 3.03. The highest BCUT2D eigenvalue weighted by Gasteiger charge is 2.07. The maximum atomic E-state index is 5.24. The molecule has 0 fully saturated rings. The highest BCUT2D eigenvalue weighted by Crippen LogP contribution is 2.24. The zero-order valence-corrected chi connectivity index (χ0v) is 12.8. The van der Waals surface area contributed by atoms with E-state index in [1.165, 1.54) is 14.9 Å². The number of halogens is 1. The average Bonchev–Trinajstić information content (AvgIpc) is 2.81. The standard InChI is InChI=1S/C14H16BrNOS/c1-10(11-4-3-5-12(8-11)17-2)16-9-14-13(15)6-7-18-14/h3-8,10,16H,9H2,1-2H3. The molecule has 1 unspecified atom stereocenters. The number of hydrogen-bond acceptors (Lipinski definition) is 3. The first kappa shape index (κ1) is 13.6. The van der Waals surface area contributed by atoms with Gasteiger partial charge in [-0.2, -0.15) is 0 Å². The summed E-state index contributed by atoms with van der Waals surface area (Å²) in [5.74, 6) is 0.901. The van der Waals surface area contributed by atoms with E-state index in [1.54, 1.807) is 18.4 Å². The Hall–Kier alpha value is -0.840. The maximum absolute atomic E-state index is 5.24. The first-order valence-electron chi connectivity index (χ1n) is 5.80. The molecule has 0 aliphatic rings. The fourth-order valence-electron chi connectivity index (χ4n) is 1.73. The molecule has 2 nitrogen and oxygen atoms in total. The second kappa shape index (κ2) is 6.36. The molecular weight excluding hydrogens is 310 g/mol. The van der Waals surface area contributed by atoms with Crippen molar-refractivity contribution in [2.45, 2.75) is 19.5 Å². The monoisotopic (exact) mass is 325 g/mol. The predicted molar refractivity (Wildman–Crippen MR) is 80.3 cm³/mol. The van der Waals surface area contributed by atoms with Crippen molar-refractivity contribution < 1.29 is 4.74 Å². The van der Waals surface area contributed by atoms with Gasteiger partial charge >= 0.3 is 0 Å². The second-order valence-electron chi connectivity index (χ2n) is 4.07.